The van der Waals surface area contributed by atoms with E-state index in [0.717, 1.165) is 18.8 Å². The lowest BCUT2D eigenvalue weighted by Crippen LogP contribution is -2.32. The third-order valence-corrected chi connectivity index (χ3v) is 4.44. The normalized spacial score (nSPS) is 23.6. The van der Waals surface area contributed by atoms with Crippen molar-refractivity contribution in [3.8, 4) is 0 Å². The summed E-state index contributed by atoms with van der Waals surface area (Å²) < 4.78 is 5.15. The third-order valence-electron chi connectivity index (χ3n) is 3.50. The molecule has 2 aliphatic rings. The average molecular weight is 278 g/mol. The fourth-order valence-electron chi connectivity index (χ4n) is 2.48. The van der Waals surface area contributed by atoms with Gasteiger partial charge in [0.2, 0.25) is 0 Å². The number of carbonyl (C=O) groups excluding carboxylic acids is 1. The minimum atomic E-state index is -0.241. The average Bonchev–Trinajstić information content (AvgIpc) is 2.79. The van der Waals surface area contributed by atoms with Crippen molar-refractivity contribution in [3.63, 3.8) is 0 Å². The minimum absolute atomic E-state index is 0.0219. The lowest BCUT2D eigenvalue weighted by molar-refractivity contribution is 0.150. The van der Waals surface area contributed by atoms with Gasteiger partial charge in [-0.15, -0.1) is 0 Å². The molecule has 1 aromatic rings. The molecular formula is C14H18N2O2S. The van der Waals surface area contributed by atoms with E-state index in [2.05, 4.69) is 17.0 Å². The van der Waals surface area contributed by atoms with Crippen LogP contribution in [0, 0.1) is 0 Å². The molecule has 2 saturated heterocycles. The molecule has 1 atom stereocenters. The molecule has 0 radical (unpaired) electrons. The maximum Gasteiger partial charge on any atom is 0.414 e. The van der Waals surface area contributed by atoms with Crippen LogP contribution in [-0.4, -0.2) is 43.3 Å². The van der Waals surface area contributed by atoms with Crippen molar-refractivity contribution < 1.29 is 9.53 Å². The smallest absolute Gasteiger partial charge is 0.414 e. The summed E-state index contributed by atoms with van der Waals surface area (Å²) in [7, 11) is 0. The summed E-state index contributed by atoms with van der Waals surface area (Å²) in [6.07, 6.45) is -0.263. The summed E-state index contributed by atoms with van der Waals surface area (Å²) in [5.74, 6) is 2.38. The van der Waals surface area contributed by atoms with Gasteiger partial charge in [-0.3, -0.25) is 4.90 Å². The molecule has 5 heteroatoms. The zero-order chi connectivity index (χ0) is 13.2. The van der Waals surface area contributed by atoms with Crippen LogP contribution in [0.25, 0.3) is 0 Å². The largest absolute Gasteiger partial charge is 0.444 e. The van der Waals surface area contributed by atoms with Crippen LogP contribution in [0.3, 0.4) is 0 Å². The molecule has 4 nitrogen and oxygen atoms in total. The van der Waals surface area contributed by atoms with E-state index < -0.39 is 0 Å². The molecule has 0 unspecified atom stereocenters. The topological polar surface area (TPSA) is 32.8 Å². The summed E-state index contributed by atoms with van der Waals surface area (Å²) >= 11 is 2.01. The van der Waals surface area contributed by atoms with Crippen molar-refractivity contribution in [1.29, 1.82) is 0 Å². The van der Waals surface area contributed by atoms with Gasteiger partial charge in [0.1, 0.15) is 6.10 Å². The van der Waals surface area contributed by atoms with Crippen LogP contribution >= 0.6 is 11.8 Å². The molecule has 19 heavy (non-hydrogen) atoms. The highest BCUT2D eigenvalue weighted by atomic mass is 32.2. The van der Waals surface area contributed by atoms with Crippen LogP contribution in [0.15, 0.2) is 24.3 Å². The Bertz CT molecular complexity index is 457. The lowest BCUT2D eigenvalue weighted by Gasteiger charge is -2.28. The van der Waals surface area contributed by atoms with E-state index in [1.165, 1.54) is 17.2 Å². The first kappa shape index (κ1) is 12.7. The number of carbonyl (C=O) groups is 1. The van der Waals surface area contributed by atoms with E-state index in [0.29, 0.717) is 6.54 Å². The van der Waals surface area contributed by atoms with Crippen LogP contribution in [0.5, 0.6) is 0 Å². The molecule has 0 saturated carbocycles. The van der Waals surface area contributed by atoms with E-state index in [1.807, 2.05) is 30.8 Å². The molecule has 2 fully saturated rings. The molecule has 102 valence electrons. The monoisotopic (exact) mass is 278 g/mol. The maximum atomic E-state index is 11.7. The predicted molar refractivity (Wildman–Crippen MR) is 79.3 cm³/mol. The Balaban J connectivity index is 1.73. The highest BCUT2D eigenvalue weighted by Gasteiger charge is 2.29. The minimum Gasteiger partial charge on any atom is -0.444 e. The second-order valence-electron chi connectivity index (χ2n) is 4.92. The number of ether oxygens (including phenoxy) is 1. The van der Waals surface area contributed by atoms with E-state index in [1.54, 1.807) is 4.90 Å². The first-order valence-corrected chi connectivity index (χ1v) is 7.80. The predicted octanol–water partition coefficient (Wildman–Crippen LogP) is 2.58. The Morgan fingerprint density at radius 3 is 2.37 bits per heavy atom. The molecule has 3 rings (SSSR count). The van der Waals surface area contributed by atoms with Crippen LogP contribution in [0.1, 0.15) is 6.92 Å². The van der Waals surface area contributed by atoms with E-state index >= 15 is 0 Å². The first-order valence-electron chi connectivity index (χ1n) is 6.65. The zero-order valence-corrected chi connectivity index (χ0v) is 11.9. The number of hydrogen-bond acceptors (Lipinski definition) is 4. The standard InChI is InChI=1S/C14H18N2O2S/c1-11-10-16(14(17)18-11)13-4-2-12(3-5-13)15-6-8-19-9-7-15/h2-5,11H,6-10H2,1H3/t11-/m0/s1. The van der Waals surface area contributed by atoms with Crippen molar-refractivity contribution in [2.45, 2.75) is 13.0 Å². The highest BCUT2D eigenvalue weighted by molar-refractivity contribution is 7.99. The fourth-order valence-corrected chi connectivity index (χ4v) is 3.38. The van der Waals surface area contributed by atoms with Crippen LogP contribution in [0.4, 0.5) is 16.2 Å². The number of rotatable bonds is 2. The molecule has 1 amide bonds. The van der Waals surface area contributed by atoms with E-state index in [4.69, 9.17) is 4.74 Å². The van der Waals surface area contributed by atoms with Crippen molar-refractivity contribution in [1.82, 2.24) is 0 Å². The summed E-state index contributed by atoms with van der Waals surface area (Å²) in [5, 5.41) is 0. The van der Waals surface area contributed by atoms with Gasteiger partial charge in [0.15, 0.2) is 0 Å². The summed E-state index contributed by atoms with van der Waals surface area (Å²) in [6.45, 7) is 4.76. The van der Waals surface area contributed by atoms with Crippen LogP contribution in [-0.2, 0) is 4.74 Å². The molecule has 0 aromatic heterocycles. The van der Waals surface area contributed by atoms with Crippen molar-refractivity contribution in [2.75, 3.05) is 40.9 Å². The first-order chi connectivity index (χ1) is 9.24. The number of anilines is 2. The Morgan fingerprint density at radius 1 is 1.16 bits per heavy atom. The number of cyclic esters (lactones) is 1. The maximum absolute atomic E-state index is 11.7. The molecular weight excluding hydrogens is 260 g/mol. The Labute approximate surface area is 117 Å². The molecule has 0 spiro atoms. The van der Waals surface area contributed by atoms with Gasteiger partial charge in [0.05, 0.1) is 6.54 Å². The number of hydrogen-bond donors (Lipinski definition) is 0. The summed E-state index contributed by atoms with van der Waals surface area (Å²) in [5.41, 5.74) is 2.16. The Hall–Kier alpha value is -1.36. The number of nitrogens with zero attached hydrogens (tertiary/aromatic N) is 2. The number of thioether (sulfide) groups is 1. The van der Waals surface area contributed by atoms with Gasteiger partial charge in [0.25, 0.3) is 0 Å². The zero-order valence-electron chi connectivity index (χ0n) is 11.0. The summed E-state index contributed by atoms with van der Waals surface area (Å²) in [6, 6.07) is 8.22. The van der Waals surface area contributed by atoms with Crippen molar-refractivity contribution >= 4 is 29.2 Å². The molecule has 2 aliphatic heterocycles. The van der Waals surface area contributed by atoms with Gasteiger partial charge in [-0.1, -0.05) is 0 Å². The number of benzene rings is 1. The van der Waals surface area contributed by atoms with Crippen LogP contribution in [0.2, 0.25) is 0 Å². The Kier molecular flexibility index (Phi) is 3.55. The van der Waals surface area contributed by atoms with Crippen molar-refractivity contribution in [2.24, 2.45) is 0 Å². The lowest BCUT2D eigenvalue weighted by atomic mass is 10.2. The molecule has 2 heterocycles. The van der Waals surface area contributed by atoms with E-state index in [-0.39, 0.29) is 12.2 Å². The summed E-state index contributed by atoms with van der Waals surface area (Å²) in [4.78, 5) is 15.8. The van der Waals surface area contributed by atoms with Gasteiger partial charge < -0.3 is 9.64 Å². The highest BCUT2D eigenvalue weighted by Crippen LogP contribution is 2.26. The van der Waals surface area contributed by atoms with Gasteiger partial charge in [0, 0.05) is 36.0 Å². The van der Waals surface area contributed by atoms with Crippen molar-refractivity contribution in [3.05, 3.63) is 24.3 Å². The van der Waals surface area contributed by atoms with Gasteiger partial charge >= 0.3 is 6.09 Å². The van der Waals surface area contributed by atoms with Gasteiger partial charge in [-0.25, -0.2) is 4.79 Å². The molecule has 0 aliphatic carbocycles. The SMILES string of the molecule is C[C@H]1CN(c2ccc(N3CCSCC3)cc2)C(=O)O1. The quantitative estimate of drug-likeness (QED) is 0.832. The van der Waals surface area contributed by atoms with Gasteiger partial charge in [-0.05, 0) is 31.2 Å². The third kappa shape index (κ3) is 2.66. The Morgan fingerprint density at radius 2 is 1.79 bits per heavy atom. The van der Waals surface area contributed by atoms with E-state index in [9.17, 15) is 4.79 Å². The molecule has 1 aromatic carbocycles. The van der Waals surface area contributed by atoms with Crippen LogP contribution < -0.4 is 9.80 Å². The number of amides is 1. The second kappa shape index (κ2) is 5.33. The fraction of sp³-hybridized carbons (Fsp3) is 0.500. The van der Waals surface area contributed by atoms with Gasteiger partial charge in [-0.2, -0.15) is 11.8 Å². The second-order valence-corrected chi connectivity index (χ2v) is 6.15. The molecule has 0 bridgehead atoms. The molecule has 0 N–H and O–H groups in total.